The Morgan fingerprint density at radius 1 is 1.55 bits per heavy atom. The van der Waals surface area contributed by atoms with E-state index in [1.165, 1.54) is 0 Å². The Morgan fingerprint density at radius 2 is 2.35 bits per heavy atom. The van der Waals surface area contributed by atoms with E-state index in [2.05, 4.69) is 33.8 Å². The summed E-state index contributed by atoms with van der Waals surface area (Å²) in [5.74, 6) is 0. The standard InChI is InChI=1S/C15H22BrClN2O/c1-2-19(10-12-4-3-7-20-12)15(9-18)13-6-5-11(16)8-14(13)17/h5-6,8,12,15H,2-4,7,9-10,18H2,1H3. The zero-order chi connectivity index (χ0) is 14.5. The molecular formula is C15H22BrClN2O. The molecule has 2 unspecified atom stereocenters. The van der Waals surface area contributed by atoms with Gasteiger partial charge in [0.2, 0.25) is 0 Å². The molecule has 20 heavy (non-hydrogen) atoms. The highest BCUT2D eigenvalue weighted by molar-refractivity contribution is 9.10. The Hall–Kier alpha value is -0.130. The fourth-order valence-electron chi connectivity index (χ4n) is 2.77. The lowest BCUT2D eigenvalue weighted by atomic mass is 10.0. The summed E-state index contributed by atoms with van der Waals surface area (Å²) in [5.41, 5.74) is 7.10. The minimum absolute atomic E-state index is 0.143. The van der Waals surface area contributed by atoms with Crippen molar-refractivity contribution >= 4 is 27.5 Å². The van der Waals surface area contributed by atoms with Crippen LogP contribution >= 0.6 is 27.5 Å². The van der Waals surface area contributed by atoms with Crippen molar-refractivity contribution < 1.29 is 4.74 Å². The van der Waals surface area contributed by atoms with Gasteiger partial charge in [-0.05, 0) is 37.1 Å². The molecule has 1 heterocycles. The zero-order valence-corrected chi connectivity index (χ0v) is 14.2. The highest BCUT2D eigenvalue weighted by Gasteiger charge is 2.25. The van der Waals surface area contributed by atoms with Crippen LogP contribution in [0.25, 0.3) is 0 Å². The second kappa shape index (κ2) is 7.76. The van der Waals surface area contributed by atoms with Crippen molar-refractivity contribution in [1.82, 2.24) is 4.90 Å². The van der Waals surface area contributed by atoms with Crippen LogP contribution in [0.5, 0.6) is 0 Å². The van der Waals surface area contributed by atoms with Gasteiger partial charge in [-0.25, -0.2) is 0 Å². The number of hydrogen-bond donors (Lipinski definition) is 1. The number of rotatable bonds is 6. The third-order valence-corrected chi connectivity index (χ3v) is 4.67. The average molecular weight is 362 g/mol. The van der Waals surface area contributed by atoms with E-state index in [1.54, 1.807) is 0 Å². The highest BCUT2D eigenvalue weighted by Crippen LogP contribution is 2.30. The predicted octanol–water partition coefficient (Wildman–Crippen LogP) is 3.60. The molecule has 3 nitrogen and oxygen atoms in total. The van der Waals surface area contributed by atoms with Gasteiger partial charge in [0.1, 0.15) is 0 Å². The molecule has 0 amide bonds. The largest absolute Gasteiger partial charge is 0.377 e. The van der Waals surface area contributed by atoms with E-state index < -0.39 is 0 Å². The third-order valence-electron chi connectivity index (χ3n) is 3.85. The van der Waals surface area contributed by atoms with Crippen molar-refractivity contribution in [2.24, 2.45) is 5.73 Å². The van der Waals surface area contributed by atoms with Gasteiger partial charge < -0.3 is 10.5 Å². The molecule has 2 rings (SSSR count). The van der Waals surface area contributed by atoms with Crippen LogP contribution in [0, 0.1) is 0 Å². The SMILES string of the molecule is CCN(CC1CCCO1)C(CN)c1ccc(Br)cc1Cl. The quantitative estimate of drug-likeness (QED) is 0.841. The second-order valence-corrected chi connectivity index (χ2v) is 6.46. The number of hydrogen-bond acceptors (Lipinski definition) is 3. The molecule has 1 aliphatic rings. The fourth-order valence-corrected chi connectivity index (χ4v) is 3.57. The average Bonchev–Trinajstić information content (AvgIpc) is 2.93. The maximum Gasteiger partial charge on any atom is 0.0703 e. The first-order chi connectivity index (χ1) is 9.65. The smallest absolute Gasteiger partial charge is 0.0703 e. The molecule has 0 saturated carbocycles. The number of likely N-dealkylation sites (N-methyl/N-ethyl adjacent to an activating group) is 1. The number of nitrogens with zero attached hydrogens (tertiary/aromatic N) is 1. The summed E-state index contributed by atoms with van der Waals surface area (Å²) in [4.78, 5) is 2.37. The summed E-state index contributed by atoms with van der Waals surface area (Å²) in [7, 11) is 0. The molecule has 0 spiro atoms. The molecule has 1 saturated heterocycles. The summed E-state index contributed by atoms with van der Waals surface area (Å²) in [6.45, 7) is 5.46. The van der Waals surface area contributed by atoms with Gasteiger partial charge in [0.15, 0.2) is 0 Å². The molecule has 1 aromatic carbocycles. The van der Waals surface area contributed by atoms with E-state index in [9.17, 15) is 0 Å². The number of nitrogens with two attached hydrogens (primary N) is 1. The van der Waals surface area contributed by atoms with E-state index in [1.807, 2.05) is 12.1 Å². The number of benzene rings is 1. The van der Waals surface area contributed by atoms with Crippen LogP contribution in [0.1, 0.15) is 31.4 Å². The van der Waals surface area contributed by atoms with Crippen LogP contribution in [-0.4, -0.2) is 37.2 Å². The Balaban J connectivity index is 2.15. The van der Waals surface area contributed by atoms with Gasteiger partial charge in [-0.2, -0.15) is 0 Å². The summed E-state index contributed by atoms with van der Waals surface area (Å²) >= 11 is 9.82. The Kier molecular flexibility index (Phi) is 6.30. The van der Waals surface area contributed by atoms with Gasteiger partial charge in [-0.3, -0.25) is 4.90 Å². The molecule has 0 aromatic heterocycles. The van der Waals surface area contributed by atoms with E-state index in [0.717, 1.165) is 47.6 Å². The van der Waals surface area contributed by atoms with Crippen LogP contribution in [-0.2, 0) is 4.74 Å². The maximum absolute atomic E-state index is 6.38. The van der Waals surface area contributed by atoms with Crippen molar-refractivity contribution in [3.05, 3.63) is 33.3 Å². The first-order valence-electron chi connectivity index (χ1n) is 7.16. The van der Waals surface area contributed by atoms with Crippen molar-refractivity contribution in [3.8, 4) is 0 Å². The number of halogens is 2. The number of ether oxygens (including phenoxy) is 1. The molecule has 2 N–H and O–H groups in total. The minimum Gasteiger partial charge on any atom is -0.377 e. The second-order valence-electron chi connectivity index (χ2n) is 5.14. The van der Waals surface area contributed by atoms with Gasteiger partial charge in [-0.15, -0.1) is 0 Å². The highest BCUT2D eigenvalue weighted by atomic mass is 79.9. The maximum atomic E-state index is 6.38. The fraction of sp³-hybridized carbons (Fsp3) is 0.600. The monoisotopic (exact) mass is 360 g/mol. The van der Waals surface area contributed by atoms with E-state index >= 15 is 0 Å². The molecular weight excluding hydrogens is 340 g/mol. The summed E-state index contributed by atoms with van der Waals surface area (Å²) in [6.07, 6.45) is 2.63. The minimum atomic E-state index is 0.143. The van der Waals surface area contributed by atoms with Crippen molar-refractivity contribution in [2.45, 2.75) is 31.9 Å². The lowest BCUT2D eigenvalue weighted by Crippen LogP contribution is -2.38. The molecule has 5 heteroatoms. The molecule has 0 radical (unpaired) electrons. The van der Waals surface area contributed by atoms with Crippen molar-refractivity contribution in [3.63, 3.8) is 0 Å². The van der Waals surface area contributed by atoms with Crippen LogP contribution in [0.3, 0.4) is 0 Å². The van der Waals surface area contributed by atoms with E-state index in [-0.39, 0.29) is 6.04 Å². The van der Waals surface area contributed by atoms with Gasteiger partial charge in [0, 0.05) is 35.2 Å². The Bertz CT molecular complexity index is 438. The summed E-state index contributed by atoms with van der Waals surface area (Å²) < 4.78 is 6.73. The first-order valence-corrected chi connectivity index (χ1v) is 8.33. The zero-order valence-electron chi connectivity index (χ0n) is 11.8. The van der Waals surface area contributed by atoms with Crippen molar-refractivity contribution in [1.29, 1.82) is 0 Å². The van der Waals surface area contributed by atoms with Gasteiger partial charge in [0.25, 0.3) is 0 Å². The van der Waals surface area contributed by atoms with Crippen LogP contribution in [0.2, 0.25) is 5.02 Å². The van der Waals surface area contributed by atoms with Crippen LogP contribution < -0.4 is 5.73 Å². The lowest BCUT2D eigenvalue weighted by Gasteiger charge is -2.32. The topological polar surface area (TPSA) is 38.5 Å². The third kappa shape index (κ3) is 3.95. The Labute approximate surface area is 134 Å². The molecule has 112 valence electrons. The summed E-state index contributed by atoms with van der Waals surface area (Å²) in [6, 6.07) is 6.15. The van der Waals surface area contributed by atoms with Gasteiger partial charge in [-0.1, -0.05) is 40.5 Å². The van der Waals surface area contributed by atoms with Crippen molar-refractivity contribution in [2.75, 3.05) is 26.2 Å². The molecule has 0 bridgehead atoms. The summed E-state index contributed by atoms with van der Waals surface area (Å²) in [5, 5.41) is 0.764. The normalized spacial score (nSPS) is 20.6. The van der Waals surface area contributed by atoms with Gasteiger partial charge >= 0.3 is 0 Å². The predicted molar refractivity (Wildman–Crippen MR) is 87.2 cm³/mol. The lowest BCUT2D eigenvalue weighted by molar-refractivity contribution is 0.0601. The molecule has 0 aliphatic carbocycles. The first kappa shape index (κ1) is 16.2. The van der Waals surface area contributed by atoms with Crippen LogP contribution in [0.15, 0.2) is 22.7 Å². The van der Waals surface area contributed by atoms with E-state index in [0.29, 0.717) is 12.6 Å². The Morgan fingerprint density at radius 3 is 2.90 bits per heavy atom. The molecule has 1 aliphatic heterocycles. The van der Waals surface area contributed by atoms with Gasteiger partial charge in [0.05, 0.1) is 6.10 Å². The molecule has 1 fully saturated rings. The van der Waals surface area contributed by atoms with Crippen LogP contribution in [0.4, 0.5) is 0 Å². The molecule has 1 aromatic rings. The van der Waals surface area contributed by atoms with E-state index in [4.69, 9.17) is 22.1 Å². The molecule has 2 atom stereocenters.